The molecule has 1 fully saturated rings. The first kappa shape index (κ1) is 23.5. The number of piperidine rings is 1. The molecular weight excluding hydrogens is 462 g/mol. The van der Waals surface area contributed by atoms with Crippen molar-refractivity contribution >= 4 is 23.3 Å². The third-order valence-corrected chi connectivity index (χ3v) is 7.22. The Morgan fingerprint density at radius 1 is 1.00 bits per heavy atom. The van der Waals surface area contributed by atoms with Gasteiger partial charge in [-0.25, -0.2) is 4.79 Å². The summed E-state index contributed by atoms with van der Waals surface area (Å²) in [5.74, 6) is 1.47. The van der Waals surface area contributed by atoms with Gasteiger partial charge >= 0.3 is 6.03 Å². The van der Waals surface area contributed by atoms with E-state index in [2.05, 4.69) is 34.5 Å². The van der Waals surface area contributed by atoms with Gasteiger partial charge in [-0.05, 0) is 60.7 Å². The van der Waals surface area contributed by atoms with Crippen LogP contribution in [0.2, 0.25) is 5.02 Å². The Bertz CT molecular complexity index is 1180. The summed E-state index contributed by atoms with van der Waals surface area (Å²) in [5.41, 5.74) is 3.93. The van der Waals surface area contributed by atoms with E-state index in [1.54, 1.807) is 0 Å². The number of rotatable bonds is 6. The fourth-order valence-corrected chi connectivity index (χ4v) is 4.94. The van der Waals surface area contributed by atoms with Gasteiger partial charge in [0.25, 0.3) is 0 Å². The lowest BCUT2D eigenvalue weighted by Crippen LogP contribution is -2.48. The Hall–Kier alpha value is -3.22. The number of carbonyl (C=O) groups excluding carboxylic acids is 1. The van der Waals surface area contributed by atoms with E-state index in [1.165, 1.54) is 5.56 Å². The number of nitrogens with one attached hydrogen (secondary N) is 1. The van der Waals surface area contributed by atoms with Crippen molar-refractivity contribution < 1.29 is 14.3 Å². The minimum atomic E-state index is -0.116. The summed E-state index contributed by atoms with van der Waals surface area (Å²) in [6, 6.07) is 22.0. The summed E-state index contributed by atoms with van der Waals surface area (Å²) in [4.78, 5) is 18.0. The van der Waals surface area contributed by atoms with E-state index >= 15 is 0 Å². The first-order valence-electron chi connectivity index (χ1n) is 12.0. The average molecular weight is 492 g/mol. The smallest absolute Gasteiger partial charge is 0.322 e. The summed E-state index contributed by atoms with van der Waals surface area (Å²) < 4.78 is 11.0. The van der Waals surface area contributed by atoms with Crippen LogP contribution in [0.25, 0.3) is 0 Å². The highest BCUT2D eigenvalue weighted by molar-refractivity contribution is 6.31. The zero-order valence-corrected chi connectivity index (χ0v) is 20.6. The molecule has 1 N–H and O–H groups in total. The largest absolute Gasteiger partial charge is 0.454 e. The third kappa shape index (κ3) is 5.55. The van der Waals surface area contributed by atoms with Gasteiger partial charge in [0.05, 0.1) is 0 Å². The van der Waals surface area contributed by atoms with Crippen molar-refractivity contribution in [3.8, 4) is 11.5 Å². The maximum absolute atomic E-state index is 13.6. The van der Waals surface area contributed by atoms with Crippen LogP contribution in [0.15, 0.2) is 66.7 Å². The molecule has 7 heteroatoms. The summed E-state index contributed by atoms with van der Waals surface area (Å²) in [5, 5.41) is 3.74. The van der Waals surface area contributed by atoms with E-state index in [1.807, 2.05) is 54.3 Å². The molecular formula is C28H30ClN3O3. The molecule has 2 heterocycles. The van der Waals surface area contributed by atoms with Gasteiger partial charge in [-0.2, -0.15) is 0 Å². The Balaban J connectivity index is 1.31. The molecule has 0 spiro atoms. The molecule has 0 atom stereocenters. The fraction of sp³-hybridized carbons (Fsp3) is 0.321. The molecule has 3 aromatic carbocycles. The first-order chi connectivity index (χ1) is 17.1. The molecule has 0 radical (unpaired) electrons. The molecule has 3 aromatic rings. The van der Waals surface area contributed by atoms with E-state index < -0.39 is 0 Å². The lowest BCUT2D eigenvalue weighted by atomic mass is 10.0. The Morgan fingerprint density at radius 2 is 1.77 bits per heavy atom. The number of halogens is 1. The highest BCUT2D eigenvalue weighted by atomic mass is 35.5. The second-order valence-electron chi connectivity index (χ2n) is 9.15. The van der Waals surface area contributed by atoms with E-state index in [0.717, 1.165) is 60.8 Å². The number of ether oxygens (including phenoxy) is 2. The second kappa shape index (κ2) is 10.6. The molecule has 0 bridgehead atoms. The van der Waals surface area contributed by atoms with Crippen LogP contribution in [0.4, 0.5) is 10.5 Å². The maximum atomic E-state index is 13.6. The van der Waals surface area contributed by atoms with Crippen LogP contribution in [0.3, 0.4) is 0 Å². The van der Waals surface area contributed by atoms with Gasteiger partial charge in [0, 0.05) is 42.9 Å². The number of hydrogen-bond acceptors (Lipinski definition) is 4. The first-order valence-corrected chi connectivity index (χ1v) is 12.4. The molecule has 0 saturated carbocycles. The van der Waals surface area contributed by atoms with Crippen LogP contribution < -0.4 is 14.8 Å². The zero-order valence-electron chi connectivity index (χ0n) is 19.9. The zero-order chi connectivity index (χ0) is 24.2. The Labute approximate surface area is 211 Å². The molecule has 0 aromatic heterocycles. The number of fused-ring (bicyclic) bond motifs is 1. The predicted molar refractivity (Wildman–Crippen MR) is 138 cm³/mol. The number of urea groups is 1. The summed E-state index contributed by atoms with van der Waals surface area (Å²) in [7, 11) is 0. The van der Waals surface area contributed by atoms with Crippen molar-refractivity contribution in [2.75, 3.05) is 25.2 Å². The van der Waals surface area contributed by atoms with Crippen LogP contribution in [0, 0.1) is 6.92 Å². The van der Waals surface area contributed by atoms with Crippen LogP contribution in [0.5, 0.6) is 11.5 Å². The van der Waals surface area contributed by atoms with Crippen molar-refractivity contribution in [2.24, 2.45) is 0 Å². The quantitative estimate of drug-likeness (QED) is 0.454. The molecule has 2 amide bonds. The molecule has 6 nitrogen and oxygen atoms in total. The van der Waals surface area contributed by atoms with Gasteiger partial charge in [0.2, 0.25) is 6.79 Å². The summed E-state index contributed by atoms with van der Waals surface area (Å²) >= 11 is 6.30. The minimum Gasteiger partial charge on any atom is -0.454 e. The molecule has 182 valence electrons. The number of anilines is 1. The van der Waals surface area contributed by atoms with E-state index in [-0.39, 0.29) is 18.9 Å². The summed E-state index contributed by atoms with van der Waals surface area (Å²) in [6.07, 6.45) is 1.83. The molecule has 1 saturated heterocycles. The van der Waals surface area contributed by atoms with Gasteiger partial charge in [0.1, 0.15) is 0 Å². The maximum Gasteiger partial charge on any atom is 0.322 e. The van der Waals surface area contributed by atoms with Crippen molar-refractivity contribution in [3.63, 3.8) is 0 Å². The molecule has 35 heavy (non-hydrogen) atoms. The van der Waals surface area contributed by atoms with Crippen LogP contribution in [-0.4, -0.2) is 41.8 Å². The van der Waals surface area contributed by atoms with Gasteiger partial charge in [0.15, 0.2) is 11.5 Å². The van der Waals surface area contributed by atoms with Gasteiger partial charge < -0.3 is 19.7 Å². The van der Waals surface area contributed by atoms with E-state index in [9.17, 15) is 4.79 Å². The third-order valence-electron chi connectivity index (χ3n) is 6.81. The SMILES string of the molecule is Cc1c(Cl)cccc1NC(=O)N(Cc1ccc2c(c1)OCO2)C1CCN(Cc2ccccc2)CC1. The van der Waals surface area contributed by atoms with E-state index in [4.69, 9.17) is 21.1 Å². The molecule has 5 rings (SSSR count). The molecule has 2 aliphatic rings. The van der Waals surface area contributed by atoms with Crippen molar-refractivity contribution in [2.45, 2.75) is 38.9 Å². The number of hydrogen-bond donors (Lipinski definition) is 1. The number of amides is 2. The lowest BCUT2D eigenvalue weighted by Gasteiger charge is -2.38. The number of carbonyl (C=O) groups is 1. The Kier molecular flexibility index (Phi) is 7.11. The van der Waals surface area contributed by atoms with Crippen LogP contribution in [-0.2, 0) is 13.1 Å². The van der Waals surface area contributed by atoms with Crippen LogP contribution >= 0.6 is 11.6 Å². The fourth-order valence-electron chi connectivity index (χ4n) is 4.76. The number of likely N-dealkylation sites (tertiary alicyclic amines) is 1. The van der Waals surface area contributed by atoms with Gasteiger partial charge in [-0.15, -0.1) is 0 Å². The number of benzene rings is 3. The van der Waals surface area contributed by atoms with Crippen molar-refractivity contribution in [1.29, 1.82) is 0 Å². The Morgan fingerprint density at radius 3 is 2.57 bits per heavy atom. The molecule has 0 unspecified atom stereocenters. The second-order valence-corrected chi connectivity index (χ2v) is 9.56. The molecule has 2 aliphatic heterocycles. The minimum absolute atomic E-state index is 0.116. The van der Waals surface area contributed by atoms with Crippen LogP contribution in [0.1, 0.15) is 29.5 Å². The highest BCUT2D eigenvalue weighted by Gasteiger charge is 2.29. The molecule has 0 aliphatic carbocycles. The topological polar surface area (TPSA) is 54.0 Å². The predicted octanol–water partition coefficient (Wildman–Crippen LogP) is 6.08. The standard InChI is InChI=1S/C28H30ClN3O3/c1-20-24(29)8-5-9-25(20)30-28(33)32(18-22-10-11-26-27(16-22)35-19-34-26)23-12-14-31(15-13-23)17-21-6-3-2-4-7-21/h2-11,16,23H,12-15,17-19H2,1H3,(H,30,33). The van der Waals surface area contributed by atoms with Crippen molar-refractivity contribution in [3.05, 3.63) is 88.4 Å². The number of nitrogens with zero attached hydrogens (tertiary/aromatic N) is 2. The van der Waals surface area contributed by atoms with Gasteiger partial charge in [-0.1, -0.05) is 54.1 Å². The van der Waals surface area contributed by atoms with Crippen molar-refractivity contribution in [1.82, 2.24) is 9.80 Å². The average Bonchev–Trinajstić information content (AvgIpc) is 3.34. The normalized spacial score (nSPS) is 15.7. The lowest BCUT2D eigenvalue weighted by molar-refractivity contribution is 0.119. The monoisotopic (exact) mass is 491 g/mol. The van der Waals surface area contributed by atoms with Gasteiger partial charge in [-0.3, -0.25) is 4.90 Å². The van der Waals surface area contributed by atoms with E-state index in [0.29, 0.717) is 11.6 Å². The summed E-state index contributed by atoms with van der Waals surface area (Å²) in [6.45, 7) is 5.47. The highest BCUT2D eigenvalue weighted by Crippen LogP contribution is 2.33.